The van der Waals surface area contributed by atoms with E-state index in [9.17, 15) is 18.0 Å². The number of hydrogen-bond donors (Lipinski definition) is 0. The van der Waals surface area contributed by atoms with Gasteiger partial charge in [-0.15, -0.1) is 5.10 Å². The Morgan fingerprint density at radius 3 is 2.60 bits per heavy atom. The highest BCUT2D eigenvalue weighted by molar-refractivity contribution is 7.99. The van der Waals surface area contributed by atoms with E-state index in [-0.39, 0.29) is 11.7 Å². The van der Waals surface area contributed by atoms with E-state index < -0.39 is 11.7 Å². The highest BCUT2D eigenvalue weighted by atomic mass is 32.2. The molecule has 0 unspecified atom stereocenters. The number of rotatable bonds is 7. The van der Waals surface area contributed by atoms with Crippen LogP contribution in [0.4, 0.5) is 18.9 Å². The second-order valence-corrected chi connectivity index (χ2v) is 8.13. The van der Waals surface area contributed by atoms with Gasteiger partial charge in [0, 0.05) is 38.4 Å². The SMILES string of the molecule is CN(C)CCn1nnnc1SCC(=O)N1CCN(c2cccc(C(F)(F)F)c2)CC1. The number of nitrogens with zero attached hydrogens (tertiary/aromatic N) is 7. The van der Waals surface area contributed by atoms with E-state index >= 15 is 0 Å². The van der Waals surface area contributed by atoms with Crippen molar-refractivity contribution in [2.75, 3.05) is 57.5 Å². The average Bonchev–Trinajstić information content (AvgIpc) is 3.17. The molecule has 0 atom stereocenters. The van der Waals surface area contributed by atoms with Crippen molar-refractivity contribution in [3.8, 4) is 0 Å². The molecule has 1 aliphatic heterocycles. The fraction of sp³-hybridized carbons (Fsp3) is 0.556. The molecule has 1 fully saturated rings. The topological polar surface area (TPSA) is 70.4 Å². The molecule has 1 saturated heterocycles. The van der Waals surface area contributed by atoms with Crippen molar-refractivity contribution in [1.82, 2.24) is 30.0 Å². The van der Waals surface area contributed by atoms with Crippen LogP contribution in [0.3, 0.4) is 0 Å². The summed E-state index contributed by atoms with van der Waals surface area (Å²) in [5.41, 5.74) is -0.145. The van der Waals surface area contributed by atoms with E-state index in [0.29, 0.717) is 43.6 Å². The van der Waals surface area contributed by atoms with Crippen LogP contribution in [0.25, 0.3) is 0 Å². The van der Waals surface area contributed by atoms with Crippen molar-refractivity contribution in [2.24, 2.45) is 0 Å². The molecular weight excluding hydrogens is 419 g/mol. The van der Waals surface area contributed by atoms with Crippen LogP contribution in [0.15, 0.2) is 29.4 Å². The summed E-state index contributed by atoms with van der Waals surface area (Å²) in [6.45, 7) is 3.30. The lowest BCUT2D eigenvalue weighted by molar-refractivity contribution is -0.137. The summed E-state index contributed by atoms with van der Waals surface area (Å²) >= 11 is 1.29. The Morgan fingerprint density at radius 1 is 1.20 bits per heavy atom. The van der Waals surface area contributed by atoms with Crippen molar-refractivity contribution in [1.29, 1.82) is 0 Å². The summed E-state index contributed by atoms with van der Waals surface area (Å²) < 4.78 is 40.5. The number of carbonyl (C=O) groups is 1. The Hall–Kier alpha value is -2.34. The normalized spacial score (nSPS) is 15.1. The van der Waals surface area contributed by atoms with Crippen molar-refractivity contribution < 1.29 is 18.0 Å². The summed E-state index contributed by atoms with van der Waals surface area (Å²) in [6, 6.07) is 5.29. The summed E-state index contributed by atoms with van der Waals surface area (Å²) in [5.74, 6) is 0.178. The number of carbonyl (C=O) groups excluding carboxylic acids is 1. The average molecular weight is 443 g/mol. The molecule has 2 heterocycles. The zero-order chi connectivity index (χ0) is 21.7. The van der Waals surface area contributed by atoms with Crippen LogP contribution in [-0.2, 0) is 17.5 Å². The molecule has 30 heavy (non-hydrogen) atoms. The van der Waals surface area contributed by atoms with E-state index in [1.54, 1.807) is 15.6 Å². The Morgan fingerprint density at radius 2 is 1.93 bits per heavy atom. The lowest BCUT2D eigenvalue weighted by atomic mass is 10.1. The van der Waals surface area contributed by atoms with Gasteiger partial charge in [0.15, 0.2) is 0 Å². The molecule has 0 saturated carbocycles. The van der Waals surface area contributed by atoms with Crippen molar-refractivity contribution in [3.05, 3.63) is 29.8 Å². The maximum absolute atomic E-state index is 12.9. The Kier molecular flexibility index (Phi) is 7.19. The van der Waals surface area contributed by atoms with Gasteiger partial charge in [-0.25, -0.2) is 4.68 Å². The first-order valence-electron chi connectivity index (χ1n) is 9.48. The second-order valence-electron chi connectivity index (χ2n) is 7.19. The molecule has 0 radical (unpaired) electrons. The minimum absolute atomic E-state index is 0.0362. The number of tetrazole rings is 1. The van der Waals surface area contributed by atoms with Crippen LogP contribution in [0.2, 0.25) is 0 Å². The molecular formula is C18H24F3N7OS. The van der Waals surface area contributed by atoms with Gasteiger partial charge in [0.1, 0.15) is 0 Å². The van der Waals surface area contributed by atoms with Gasteiger partial charge in [0.05, 0.1) is 17.9 Å². The molecule has 0 bridgehead atoms. The third-order valence-electron chi connectivity index (χ3n) is 4.75. The van der Waals surface area contributed by atoms with Crippen LogP contribution in [-0.4, -0.2) is 88.5 Å². The molecule has 1 amide bonds. The Balaban J connectivity index is 1.50. The molecule has 3 rings (SSSR count). The fourth-order valence-electron chi connectivity index (χ4n) is 3.05. The molecule has 2 aromatic rings. The van der Waals surface area contributed by atoms with Crippen LogP contribution in [0.5, 0.6) is 0 Å². The number of alkyl halides is 3. The number of amides is 1. The van der Waals surface area contributed by atoms with Crippen LogP contribution in [0, 0.1) is 0 Å². The maximum atomic E-state index is 12.9. The lowest BCUT2D eigenvalue weighted by Gasteiger charge is -2.36. The Labute approximate surface area is 177 Å². The Bertz CT molecular complexity index is 850. The summed E-state index contributed by atoms with van der Waals surface area (Å²) in [7, 11) is 3.92. The number of thioether (sulfide) groups is 1. The van der Waals surface area contributed by atoms with Gasteiger partial charge >= 0.3 is 6.18 Å². The first-order chi connectivity index (χ1) is 14.2. The van der Waals surface area contributed by atoms with E-state index in [1.165, 1.54) is 17.8 Å². The van der Waals surface area contributed by atoms with Gasteiger partial charge in [-0.05, 0) is 42.7 Å². The van der Waals surface area contributed by atoms with E-state index in [0.717, 1.165) is 18.7 Å². The standard InChI is InChI=1S/C18H24F3N7OS/c1-25(2)6-11-28-17(22-23-24-28)30-13-16(29)27-9-7-26(8-10-27)15-5-3-4-14(12-15)18(19,20)21/h3-5,12H,6-11,13H2,1-2H3. The summed E-state index contributed by atoms with van der Waals surface area (Å²) in [4.78, 5) is 18.2. The van der Waals surface area contributed by atoms with Crippen molar-refractivity contribution in [2.45, 2.75) is 17.9 Å². The molecule has 0 aliphatic carbocycles. The van der Waals surface area contributed by atoms with Crippen LogP contribution in [0.1, 0.15) is 5.56 Å². The number of piperazine rings is 1. The van der Waals surface area contributed by atoms with Gasteiger partial charge in [0.2, 0.25) is 11.1 Å². The highest BCUT2D eigenvalue weighted by Gasteiger charge is 2.31. The van der Waals surface area contributed by atoms with Crippen molar-refractivity contribution in [3.63, 3.8) is 0 Å². The number of halogens is 3. The fourth-order valence-corrected chi connectivity index (χ4v) is 3.85. The zero-order valence-corrected chi connectivity index (χ0v) is 17.7. The van der Waals surface area contributed by atoms with E-state index in [1.807, 2.05) is 23.9 Å². The third kappa shape index (κ3) is 5.85. The van der Waals surface area contributed by atoms with Gasteiger partial charge in [0.25, 0.3) is 0 Å². The van der Waals surface area contributed by atoms with E-state index in [2.05, 4.69) is 15.5 Å². The first-order valence-corrected chi connectivity index (χ1v) is 10.5. The first kappa shape index (κ1) is 22.3. The van der Waals surface area contributed by atoms with Crippen LogP contribution >= 0.6 is 11.8 Å². The minimum atomic E-state index is -4.37. The molecule has 1 aliphatic rings. The zero-order valence-electron chi connectivity index (χ0n) is 16.8. The largest absolute Gasteiger partial charge is 0.416 e. The summed E-state index contributed by atoms with van der Waals surface area (Å²) in [5, 5.41) is 12.2. The predicted octanol–water partition coefficient (Wildman–Crippen LogP) is 1.69. The van der Waals surface area contributed by atoms with Gasteiger partial charge in [-0.3, -0.25) is 4.79 Å². The number of likely N-dealkylation sites (N-methyl/N-ethyl adjacent to an activating group) is 1. The quantitative estimate of drug-likeness (QED) is 0.603. The molecule has 0 N–H and O–H groups in total. The van der Waals surface area contributed by atoms with Crippen LogP contribution < -0.4 is 4.90 Å². The minimum Gasteiger partial charge on any atom is -0.368 e. The number of aromatic nitrogens is 4. The number of hydrogen-bond acceptors (Lipinski definition) is 7. The van der Waals surface area contributed by atoms with Gasteiger partial charge in [-0.2, -0.15) is 13.2 Å². The third-order valence-corrected chi connectivity index (χ3v) is 5.70. The predicted molar refractivity (Wildman–Crippen MR) is 107 cm³/mol. The second kappa shape index (κ2) is 9.65. The van der Waals surface area contributed by atoms with Crippen molar-refractivity contribution >= 4 is 23.4 Å². The molecule has 0 spiro atoms. The van der Waals surface area contributed by atoms with Gasteiger partial charge < -0.3 is 14.7 Å². The lowest BCUT2D eigenvalue weighted by Crippen LogP contribution is -2.49. The smallest absolute Gasteiger partial charge is 0.368 e. The monoisotopic (exact) mass is 443 g/mol. The van der Waals surface area contributed by atoms with Gasteiger partial charge in [-0.1, -0.05) is 17.8 Å². The molecule has 8 nitrogen and oxygen atoms in total. The summed E-state index contributed by atoms with van der Waals surface area (Å²) in [6.07, 6.45) is -4.37. The molecule has 12 heteroatoms. The molecule has 1 aromatic carbocycles. The maximum Gasteiger partial charge on any atom is 0.416 e. The molecule has 1 aromatic heterocycles. The highest BCUT2D eigenvalue weighted by Crippen LogP contribution is 2.31. The number of benzene rings is 1. The van der Waals surface area contributed by atoms with E-state index in [4.69, 9.17) is 0 Å². The number of anilines is 1. The molecule has 164 valence electrons.